The fourth-order valence-corrected chi connectivity index (χ4v) is 1.79. The van der Waals surface area contributed by atoms with Crippen LogP contribution >= 0.6 is 0 Å². The molecule has 1 atom stereocenters. The van der Waals surface area contributed by atoms with Crippen molar-refractivity contribution in [2.45, 2.75) is 39.3 Å². The van der Waals surface area contributed by atoms with Crippen molar-refractivity contribution in [3.63, 3.8) is 0 Å². The fourth-order valence-electron chi connectivity index (χ4n) is 1.79. The molecule has 1 aromatic rings. The normalized spacial score (nSPS) is 13.1. The molecule has 0 saturated carbocycles. The standard InChI is InChI=1S/C14H26N4O2/c1-11(12-7-8-16-18(12)6)15-9-10-17(5)13(19)20-14(2,3)4/h7-8,11,15H,9-10H2,1-6H3. The van der Waals surface area contributed by atoms with Crippen molar-refractivity contribution in [2.75, 3.05) is 20.1 Å². The van der Waals surface area contributed by atoms with Gasteiger partial charge < -0.3 is 15.0 Å². The summed E-state index contributed by atoms with van der Waals surface area (Å²) in [7, 11) is 3.66. The van der Waals surface area contributed by atoms with E-state index in [0.29, 0.717) is 13.1 Å². The topological polar surface area (TPSA) is 59.4 Å². The Kier molecular flexibility index (Phi) is 5.56. The first-order valence-corrected chi connectivity index (χ1v) is 6.86. The van der Waals surface area contributed by atoms with Gasteiger partial charge in [-0.25, -0.2) is 4.79 Å². The first-order valence-electron chi connectivity index (χ1n) is 6.86. The van der Waals surface area contributed by atoms with Crippen LogP contribution in [0.3, 0.4) is 0 Å². The van der Waals surface area contributed by atoms with E-state index in [1.807, 2.05) is 38.6 Å². The number of ether oxygens (including phenoxy) is 1. The summed E-state index contributed by atoms with van der Waals surface area (Å²) in [5, 5.41) is 7.51. The van der Waals surface area contributed by atoms with Crippen LogP contribution < -0.4 is 5.32 Å². The van der Waals surface area contributed by atoms with Crippen LogP contribution in [0.15, 0.2) is 12.3 Å². The van der Waals surface area contributed by atoms with Crippen LogP contribution in [0.4, 0.5) is 4.79 Å². The Hall–Kier alpha value is -1.56. The molecule has 0 aliphatic carbocycles. The van der Waals surface area contributed by atoms with Gasteiger partial charge in [-0.15, -0.1) is 0 Å². The zero-order valence-electron chi connectivity index (χ0n) is 13.3. The highest BCUT2D eigenvalue weighted by Crippen LogP contribution is 2.10. The summed E-state index contributed by atoms with van der Waals surface area (Å²) >= 11 is 0. The van der Waals surface area contributed by atoms with Gasteiger partial charge in [0.2, 0.25) is 0 Å². The molecular weight excluding hydrogens is 256 g/mol. The minimum Gasteiger partial charge on any atom is -0.444 e. The van der Waals surface area contributed by atoms with Crippen LogP contribution in [0.1, 0.15) is 39.4 Å². The molecule has 1 heterocycles. The third-order valence-corrected chi connectivity index (χ3v) is 2.91. The molecule has 0 bridgehead atoms. The first-order chi connectivity index (χ1) is 9.20. The van der Waals surface area contributed by atoms with Gasteiger partial charge >= 0.3 is 6.09 Å². The molecule has 1 rings (SSSR count). The summed E-state index contributed by atoms with van der Waals surface area (Å²) in [5.41, 5.74) is 0.658. The second-order valence-electron chi connectivity index (χ2n) is 5.96. The molecule has 0 aliphatic rings. The Balaban J connectivity index is 2.33. The van der Waals surface area contributed by atoms with Crippen molar-refractivity contribution >= 4 is 6.09 Å². The van der Waals surface area contributed by atoms with Gasteiger partial charge in [0.25, 0.3) is 0 Å². The van der Waals surface area contributed by atoms with E-state index in [4.69, 9.17) is 4.74 Å². The van der Waals surface area contributed by atoms with Crippen LogP contribution in [0, 0.1) is 0 Å². The van der Waals surface area contributed by atoms with E-state index in [-0.39, 0.29) is 12.1 Å². The molecule has 1 N–H and O–H groups in total. The summed E-state index contributed by atoms with van der Waals surface area (Å²) in [5.74, 6) is 0. The SMILES string of the molecule is CC(NCCN(C)C(=O)OC(C)(C)C)c1ccnn1C. The van der Waals surface area contributed by atoms with E-state index in [9.17, 15) is 4.79 Å². The number of aromatic nitrogens is 2. The van der Waals surface area contributed by atoms with Crippen molar-refractivity contribution in [1.82, 2.24) is 20.0 Å². The van der Waals surface area contributed by atoms with Crippen LogP contribution in [0.5, 0.6) is 0 Å². The molecule has 1 aromatic heterocycles. The van der Waals surface area contributed by atoms with Crippen molar-refractivity contribution in [2.24, 2.45) is 7.05 Å². The fraction of sp³-hybridized carbons (Fsp3) is 0.714. The number of nitrogens with zero attached hydrogens (tertiary/aromatic N) is 3. The molecule has 1 amide bonds. The van der Waals surface area contributed by atoms with Crippen LogP contribution in [-0.2, 0) is 11.8 Å². The van der Waals surface area contributed by atoms with E-state index < -0.39 is 5.60 Å². The molecule has 6 nitrogen and oxygen atoms in total. The third kappa shape index (κ3) is 5.21. The Labute approximate surface area is 121 Å². The number of carbonyl (C=O) groups excluding carboxylic acids is 1. The molecule has 0 aliphatic heterocycles. The van der Waals surface area contributed by atoms with E-state index >= 15 is 0 Å². The summed E-state index contributed by atoms with van der Waals surface area (Å²) in [6.07, 6.45) is 1.48. The Morgan fingerprint density at radius 1 is 1.55 bits per heavy atom. The molecular formula is C14H26N4O2. The smallest absolute Gasteiger partial charge is 0.410 e. The van der Waals surface area contributed by atoms with Crippen LogP contribution in [0.2, 0.25) is 0 Å². The van der Waals surface area contributed by atoms with Crippen LogP contribution in [0.25, 0.3) is 0 Å². The summed E-state index contributed by atoms with van der Waals surface area (Å²) in [4.78, 5) is 13.4. The van der Waals surface area contributed by atoms with Gasteiger partial charge in [0.1, 0.15) is 5.60 Å². The lowest BCUT2D eigenvalue weighted by atomic mass is 10.2. The Morgan fingerprint density at radius 3 is 2.70 bits per heavy atom. The lowest BCUT2D eigenvalue weighted by molar-refractivity contribution is 0.0299. The molecule has 0 fully saturated rings. The zero-order chi connectivity index (χ0) is 15.3. The zero-order valence-corrected chi connectivity index (χ0v) is 13.3. The predicted octanol–water partition coefficient (Wildman–Crippen LogP) is 1.94. The average molecular weight is 282 g/mol. The maximum Gasteiger partial charge on any atom is 0.410 e. The number of aryl methyl sites for hydroxylation is 1. The Morgan fingerprint density at radius 2 is 2.20 bits per heavy atom. The highest BCUT2D eigenvalue weighted by atomic mass is 16.6. The maximum atomic E-state index is 11.8. The first kappa shape index (κ1) is 16.5. The molecule has 0 aromatic carbocycles. The second-order valence-corrected chi connectivity index (χ2v) is 5.96. The van der Waals surface area contributed by atoms with Gasteiger partial charge in [-0.2, -0.15) is 5.10 Å². The summed E-state index contributed by atoms with van der Waals surface area (Å²) < 4.78 is 7.14. The van der Waals surface area contributed by atoms with Crippen molar-refractivity contribution in [3.8, 4) is 0 Å². The minimum absolute atomic E-state index is 0.189. The van der Waals surface area contributed by atoms with Crippen molar-refractivity contribution < 1.29 is 9.53 Å². The van der Waals surface area contributed by atoms with E-state index in [1.165, 1.54) is 0 Å². The highest BCUT2D eigenvalue weighted by molar-refractivity contribution is 5.67. The second kappa shape index (κ2) is 6.74. The van der Waals surface area contributed by atoms with Gasteiger partial charge in [-0.1, -0.05) is 0 Å². The lowest BCUT2D eigenvalue weighted by Crippen LogP contribution is -2.38. The van der Waals surface area contributed by atoms with Crippen LogP contribution in [-0.4, -0.2) is 46.5 Å². The number of amides is 1. The lowest BCUT2D eigenvalue weighted by Gasteiger charge is -2.25. The number of hydrogen-bond acceptors (Lipinski definition) is 4. The molecule has 0 spiro atoms. The molecule has 6 heteroatoms. The number of hydrogen-bond donors (Lipinski definition) is 1. The van der Waals surface area contributed by atoms with E-state index in [0.717, 1.165) is 5.69 Å². The van der Waals surface area contributed by atoms with E-state index in [2.05, 4.69) is 17.3 Å². The van der Waals surface area contributed by atoms with Crippen molar-refractivity contribution in [3.05, 3.63) is 18.0 Å². The summed E-state index contributed by atoms with van der Waals surface area (Å²) in [6, 6.07) is 2.17. The molecule has 1 unspecified atom stereocenters. The van der Waals surface area contributed by atoms with Gasteiger partial charge in [0.15, 0.2) is 0 Å². The minimum atomic E-state index is -0.458. The van der Waals surface area contributed by atoms with Gasteiger partial charge in [0.05, 0.1) is 5.69 Å². The number of carbonyl (C=O) groups is 1. The third-order valence-electron chi connectivity index (χ3n) is 2.91. The maximum absolute atomic E-state index is 11.8. The predicted molar refractivity (Wildman–Crippen MR) is 78.5 cm³/mol. The monoisotopic (exact) mass is 282 g/mol. The largest absolute Gasteiger partial charge is 0.444 e. The highest BCUT2D eigenvalue weighted by Gasteiger charge is 2.19. The number of likely N-dealkylation sites (N-methyl/N-ethyl adjacent to an activating group) is 1. The molecule has 114 valence electrons. The molecule has 20 heavy (non-hydrogen) atoms. The molecule has 0 radical (unpaired) electrons. The number of nitrogens with one attached hydrogen (secondary N) is 1. The quantitative estimate of drug-likeness (QED) is 0.896. The van der Waals surface area contributed by atoms with Gasteiger partial charge in [-0.05, 0) is 33.8 Å². The van der Waals surface area contributed by atoms with Gasteiger partial charge in [-0.3, -0.25) is 4.68 Å². The summed E-state index contributed by atoms with van der Waals surface area (Å²) in [6.45, 7) is 8.95. The van der Waals surface area contributed by atoms with Crippen molar-refractivity contribution in [1.29, 1.82) is 0 Å². The average Bonchev–Trinajstić information content (AvgIpc) is 2.72. The Bertz CT molecular complexity index is 437. The van der Waals surface area contributed by atoms with E-state index in [1.54, 1.807) is 18.1 Å². The number of rotatable bonds is 5. The molecule has 0 saturated heterocycles. The van der Waals surface area contributed by atoms with Gasteiger partial charge in [0, 0.05) is 39.4 Å².